The van der Waals surface area contributed by atoms with Crippen molar-refractivity contribution in [2.75, 3.05) is 14.1 Å². The number of guanidine groups is 1. The first-order valence-electron chi connectivity index (χ1n) is 8.27. The second-order valence-electron chi connectivity index (χ2n) is 6.18. The first-order valence-corrected chi connectivity index (χ1v) is 8.27. The van der Waals surface area contributed by atoms with E-state index < -0.39 is 11.9 Å². The summed E-state index contributed by atoms with van der Waals surface area (Å²) in [6.45, 7) is 0.382. The Morgan fingerprint density at radius 3 is 2.74 bits per heavy atom. The summed E-state index contributed by atoms with van der Waals surface area (Å²) in [6.07, 6.45) is -3.15. The van der Waals surface area contributed by atoms with E-state index in [0.717, 1.165) is 21.4 Å². The number of halogens is 3. The van der Waals surface area contributed by atoms with Crippen LogP contribution in [-0.4, -0.2) is 34.7 Å². The van der Waals surface area contributed by atoms with Gasteiger partial charge < -0.3 is 14.6 Å². The fraction of sp³-hybridized carbons (Fsp3) is 0.333. The third-order valence-electron chi connectivity index (χ3n) is 4.05. The molecule has 9 heteroatoms. The largest absolute Gasteiger partial charge is 0.459 e. The number of furan rings is 1. The maximum absolute atomic E-state index is 13.1. The molecule has 2 aromatic heterocycles. The molecule has 0 aliphatic heterocycles. The SMILES string of the molecule is CN=C(NCc1cn(C)nc1C(F)(F)F)N(C)Cc1cc2ccccc2o1. The molecule has 1 N–H and O–H groups in total. The fourth-order valence-corrected chi connectivity index (χ4v) is 2.89. The minimum Gasteiger partial charge on any atom is -0.459 e. The Labute approximate surface area is 154 Å². The molecule has 3 rings (SSSR count). The summed E-state index contributed by atoms with van der Waals surface area (Å²) >= 11 is 0. The topological polar surface area (TPSA) is 58.6 Å². The average molecular weight is 379 g/mol. The number of hydrogen-bond acceptors (Lipinski definition) is 3. The lowest BCUT2D eigenvalue weighted by Gasteiger charge is -2.21. The zero-order valence-electron chi connectivity index (χ0n) is 15.2. The zero-order chi connectivity index (χ0) is 19.6. The van der Waals surface area contributed by atoms with E-state index in [1.54, 1.807) is 19.0 Å². The van der Waals surface area contributed by atoms with Crippen LogP contribution in [0.15, 0.2) is 45.9 Å². The van der Waals surface area contributed by atoms with Crippen molar-refractivity contribution in [2.24, 2.45) is 12.0 Å². The van der Waals surface area contributed by atoms with E-state index in [4.69, 9.17) is 4.42 Å². The molecular weight excluding hydrogens is 359 g/mol. The highest BCUT2D eigenvalue weighted by molar-refractivity contribution is 5.80. The minimum atomic E-state index is -4.50. The standard InChI is InChI=1S/C18H20F3N5O/c1-22-17(23-9-13-10-26(3)24-16(13)18(19,20)21)25(2)11-14-8-12-6-4-5-7-15(12)27-14/h4-8,10H,9,11H2,1-3H3,(H,22,23). The van der Waals surface area contributed by atoms with E-state index in [2.05, 4.69) is 15.4 Å². The second kappa shape index (κ2) is 7.34. The molecule has 0 bridgehead atoms. The van der Waals surface area contributed by atoms with E-state index in [1.807, 2.05) is 30.3 Å². The molecule has 0 spiro atoms. The normalized spacial score (nSPS) is 12.6. The van der Waals surface area contributed by atoms with Gasteiger partial charge >= 0.3 is 6.18 Å². The van der Waals surface area contributed by atoms with Gasteiger partial charge in [-0.05, 0) is 12.1 Å². The second-order valence-corrected chi connectivity index (χ2v) is 6.18. The quantitative estimate of drug-likeness (QED) is 0.558. The van der Waals surface area contributed by atoms with Gasteiger partial charge in [0.25, 0.3) is 0 Å². The highest BCUT2D eigenvalue weighted by atomic mass is 19.4. The van der Waals surface area contributed by atoms with Gasteiger partial charge in [-0.2, -0.15) is 18.3 Å². The van der Waals surface area contributed by atoms with Crippen molar-refractivity contribution in [1.29, 1.82) is 0 Å². The lowest BCUT2D eigenvalue weighted by molar-refractivity contribution is -0.142. The molecule has 0 atom stereocenters. The number of nitrogens with one attached hydrogen (secondary N) is 1. The van der Waals surface area contributed by atoms with Crippen LogP contribution in [0.2, 0.25) is 0 Å². The summed E-state index contributed by atoms with van der Waals surface area (Å²) in [6, 6.07) is 9.59. The van der Waals surface area contributed by atoms with Crippen LogP contribution in [0.4, 0.5) is 13.2 Å². The molecule has 6 nitrogen and oxygen atoms in total. The van der Waals surface area contributed by atoms with Crippen LogP contribution in [0.5, 0.6) is 0 Å². The molecule has 0 aliphatic rings. The molecule has 0 saturated heterocycles. The average Bonchev–Trinajstić information content (AvgIpc) is 3.17. The number of aliphatic imine (C=N–C) groups is 1. The molecule has 1 aromatic carbocycles. The van der Waals surface area contributed by atoms with Gasteiger partial charge in [-0.25, -0.2) is 0 Å². The maximum Gasteiger partial charge on any atom is 0.435 e. The number of fused-ring (bicyclic) bond motifs is 1. The van der Waals surface area contributed by atoms with Gasteiger partial charge in [0.05, 0.1) is 6.54 Å². The van der Waals surface area contributed by atoms with Crippen molar-refractivity contribution in [3.8, 4) is 0 Å². The highest BCUT2D eigenvalue weighted by Gasteiger charge is 2.36. The summed E-state index contributed by atoms with van der Waals surface area (Å²) in [5.74, 6) is 1.19. The van der Waals surface area contributed by atoms with Crippen molar-refractivity contribution in [3.05, 3.63) is 53.5 Å². The van der Waals surface area contributed by atoms with Crippen LogP contribution in [-0.2, 0) is 26.3 Å². The summed E-state index contributed by atoms with van der Waals surface area (Å²) < 4.78 is 46.1. The van der Waals surface area contributed by atoms with E-state index in [-0.39, 0.29) is 12.1 Å². The highest BCUT2D eigenvalue weighted by Crippen LogP contribution is 2.30. The van der Waals surface area contributed by atoms with E-state index in [9.17, 15) is 13.2 Å². The third-order valence-corrected chi connectivity index (χ3v) is 4.05. The number of para-hydroxylation sites is 1. The van der Waals surface area contributed by atoms with E-state index >= 15 is 0 Å². The Kier molecular flexibility index (Phi) is 5.11. The van der Waals surface area contributed by atoms with Gasteiger partial charge in [0.15, 0.2) is 11.7 Å². The first-order chi connectivity index (χ1) is 12.8. The number of aryl methyl sites for hydroxylation is 1. The minimum absolute atomic E-state index is 0.0418. The van der Waals surface area contributed by atoms with E-state index in [1.165, 1.54) is 13.2 Å². The molecule has 0 amide bonds. The lowest BCUT2D eigenvalue weighted by Crippen LogP contribution is -2.38. The maximum atomic E-state index is 13.1. The van der Waals surface area contributed by atoms with Gasteiger partial charge in [-0.1, -0.05) is 18.2 Å². The summed E-state index contributed by atoms with van der Waals surface area (Å²) in [5, 5.41) is 7.45. The predicted octanol–water partition coefficient (Wildman–Crippen LogP) is 3.39. The molecule has 0 aliphatic carbocycles. The summed E-state index contributed by atoms with van der Waals surface area (Å²) in [7, 11) is 4.82. The Morgan fingerprint density at radius 2 is 2.07 bits per heavy atom. The van der Waals surface area contributed by atoms with Crippen LogP contribution < -0.4 is 5.32 Å². The van der Waals surface area contributed by atoms with Gasteiger partial charge in [-0.15, -0.1) is 0 Å². The number of aromatic nitrogens is 2. The van der Waals surface area contributed by atoms with Crippen molar-refractivity contribution in [1.82, 2.24) is 20.0 Å². The van der Waals surface area contributed by atoms with Crippen LogP contribution >= 0.6 is 0 Å². The molecule has 0 saturated carbocycles. The van der Waals surface area contributed by atoms with Crippen LogP contribution in [0, 0.1) is 0 Å². The van der Waals surface area contributed by atoms with Gasteiger partial charge in [0, 0.05) is 44.8 Å². The summed E-state index contributed by atoms with van der Waals surface area (Å²) in [5.41, 5.74) is -0.0507. The number of benzene rings is 1. The Balaban J connectivity index is 1.68. The molecule has 0 unspecified atom stereocenters. The first kappa shape index (κ1) is 18.8. The molecule has 27 heavy (non-hydrogen) atoms. The molecular formula is C18H20F3N5O. The van der Waals surface area contributed by atoms with Crippen molar-refractivity contribution < 1.29 is 17.6 Å². The smallest absolute Gasteiger partial charge is 0.435 e. The molecule has 2 heterocycles. The molecule has 3 aromatic rings. The van der Waals surface area contributed by atoms with Crippen molar-refractivity contribution in [3.63, 3.8) is 0 Å². The Hall–Kier alpha value is -2.97. The monoisotopic (exact) mass is 379 g/mol. The summed E-state index contributed by atoms with van der Waals surface area (Å²) in [4.78, 5) is 5.91. The van der Waals surface area contributed by atoms with Gasteiger partial charge in [-0.3, -0.25) is 9.67 Å². The fourth-order valence-electron chi connectivity index (χ4n) is 2.89. The third kappa shape index (κ3) is 4.24. The number of nitrogens with zero attached hydrogens (tertiary/aromatic N) is 4. The van der Waals surface area contributed by atoms with Crippen molar-refractivity contribution in [2.45, 2.75) is 19.3 Å². The van der Waals surface area contributed by atoms with Crippen LogP contribution in [0.25, 0.3) is 11.0 Å². The van der Waals surface area contributed by atoms with Gasteiger partial charge in [0.2, 0.25) is 0 Å². The molecule has 144 valence electrons. The van der Waals surface area contributed by atoms with Crippen molar-refractivity contribution >= 4 is 16.9 Å². The Morgan fingerprint density at radius 1 is 1.33 bits per heavy atom. The molecule has 0 radical (unpaired) electrons. The Bertz CT molecular complexity index is 924. The lowest BCUT2D eigenvalue weighted by atomic mass is 10.2. The zero-order valence-corrected chi connectivity index (χ0v) is 15.2. The predicted molar refractivity (Wildman–Crippen MR) is 96.1 cm³/mol. The van der Waals surface area contributed by atoms with Gasteiger partial charge in [0.1, 0.15) is 11.3 Å². The van der Waals surface area contributed by atoms with E-state index in [0.29, 0.717) is 12.5 Å². The number of alkyl halides is 3. The number of rotatable bonds is 4. The van der Waals surface area contributed by atoms with Crippen LogP contribution in [0.3, 0.4) is 0 Å². The number of hydrogen-bond donors (Lipinski definition) is 1. The van der Waals surface area contributed by atoms with Crippen LogP contribution in [0.1, 0.15) is 17.0 Å². The molecule has 0 fully saturated rings.